The first-order valence-corrected chi connectivity index (χ1v) is 6.09. The Morgan fingerprint density at radius 3 is 2.47 bits per heavy atom. The predicted molar refractivity (Wildman–Crippen MR) is 68.0 cm³/mol. The molecule has 0 saturated carbocycles. The quantitative estimate of drug-likeness (QED) is 0.880. The molecule has 0 aliphatic carbocycles. The van der Waals surface area contributed by atoms with Crippen molar-refractivity contribution in [3.8, 4) is 5.75 Å². The van der Waals surface area contributed by atoms with E-state index in [0.29, 0.717) is 5.75 Å². The summed E-state index contributed by atoms with van der Waals surface area (Å²) in [5.74, 6) is -0.763. The molecule has 2 rings (SSSR count). The number of aryl methyl sites for hydroxylation is 2. The third-order valence-corrected chi connectivity index (χ3v) is 3.24. The maximum absolute atomic E-state index is 11.8. The fraction of sp³-hybridized carbons (Fsp3) is 0.429. The Morgan fingerprint density at radius 1 is 1.37 bits per heavy atom. The number of hydrogen-bond acceptors (Lipinski definition) is 3. The molecule has 1 aliphatic heterocycles. The maximum atomic E-state index is 11.8. The number of likely N-dealkylation sites (tertiary alicyclic amines) is 1. The molecule has 0 aromatic heterocycles. The fourth-order valence-corrected chi connectivity index (χ4v) is 2.03. The highest BCUT2D eigenvalue weighted by Gasteiger charge is 2.35. The van der Waals surface area contributed by atoms with Crippen molar-refractivity contribution in [2.75, 3.05) is 19.7 Å². The zero-order valence-electron chi connectivity index (χ0n) is 11.0. The number of nitrogens with zero attached hydrogens (tertiary/aromatic N) is 1. The second kappa shape index (κ2) is 5.30. The minimum atomic E-state index is -0.852. The Morgan fingerprint density at radius 2 is 1.95 bits per heavy atom. The SMILES string of the molecule is Cc1c[c]cc(C)c1OCC(=O)N1CC(C(=O)O)C1. The van der Waals surface area contributed by atoms with Crippen molar-refractivity contribution in [1.29, 1.82) is 0 Å². The van der Waals surface area contributed by atoms with Crippen LogP contribution in [0.3, 0.4) is 0 Å². The van der Waals surface area contributed by atoms with Crippen molar-refractivity contribution in [2.45, 2.75) is 13.8 Å². The summed E-state index contributed by atoms with van der Waals surface area (Å²) in [6, 6.07) is 6.58. The molecule has 0 atom stereocenters. The molecule has 1 fully saturated rings. The highest BCUT2D eigenvalue weighted by atomic mass is 16.5. The smallest absolute Gasteiger partial charge is 0.310 e. The summed E-state index contributed by atoms with van der Waals surface area (Å²) >= 11 is 0. The number of carbonyl (C=O) groups excluding carboxylic acids is 1. The van der Waals surface area contributed by atoms with Gasteiger partial charge in [-0.25, -0.2) is 0 Å². The molecule has 1 N–H and O–H groups in total. The van der Waals surface area contributed by atoms with E-state index in [0.717, 1.165) is 11.1 Å². The lowest BCUT2D eigenvalue weighted by Crippen LogP contribution is -2.54. The molecular formula is C14H16NO4. The molecule has 0 bridgehead atoms. The highest BCUT2D eigenvalue weighted by molar-refractivity contribution is 5.82. The summed E-state index contributed by atoms with van der Waals surface area (Å²) in [6.07, 6.45) is 0. The Hall–Kier alpha value is -2.04. The first kappa shape index (κ1) is 13.4. The molecule has 5 nitrogen and oxygen atoms in total. The molecule has 0 unspecified atom stereocenters. The van der Waals surface area contributed by atoms with Gasteiger partial charge in [0.15, 0.2) is 6.61 Å². The van der Waals surface area contributed by atoms with Gasteiger partial charge < -0.3 is 14.7 Å². The molecule has 1 saturated heterocycles. The summed E-state index contributed by atoms with van der Waals surface area (Å²) < 4.78 is 5.52. The largest absolute Gasteiger partial charge is 0.483 e. The summed E-state index contributed by atoms with van der Waals surface area (Å²) in [4.78, 5) is 23.9. The van der Waals surface area contributed by atoms with Crippen molar-refractivity contribution >= 4 is 11.9 Å². The first-order chi connectivity index (χ1) is 8.99. The van der Waals surface area contributed by atoms with Crippen LogP contribution < -0.4 is 4.74 Å². The molecule has 101 valence electrons. The van der Waals surface area contributed by atoms with Gasteiger partial charge in [0.1, 0.15) is 5.75 Å². The van der Waals surface area contributed by atoms with Gasteiger partial charge in [-0.05, 0) is 43.2 Å². The Bertz CT molecular complexity index is 486. The van der Waals surface area contributed by atoms with Gasteiger partial charge in [-0.1, -0.05) is 0 Å². The number of carboxylic acids is 1. The van der Waals surface area contributed by atoms with Crippen LogP contribution in [0.15, 0.2) is 12.1 Å². The molecule has 5 heteroatoms. The Kier molecular flexibility index (Phi) is 3.74. The van der Waals surface area contributed by atoms with Gasteiger partial charge in [0, 0.05) is 13.1 Å². The van der Waals surface area contributed by atoms with Crippen LogP contribution in [0.25, 0.3) is 0 Å². The molecule has 1 radical (unpaired) electrons. The second-order valence-electron chi connectivity index (χ2n) is 4.77. The number of carbonyl (C=O) groups is 2. The fourth-order valence-electron chi connectivity index (χ4n) is 2.03. The lowest BCUT2D eigenvalue weighted by molar-refractivity contribution is -0.153. The van der Waals surface area contributed by atoms with Gasteiger partial charge in [-0.2, -0.15) is 0 Å². The van der Waals surface area contributed by atoms with Crippen LogP contribution in [-0.2, 0) is 9.59 Å². The summed E-state index contributed by atoms with van der Waals surface area (Å²) in [5, 5.41) is 8.74. The molecule has 1 aliphatic rings. The molecule has 1 aromatic carbocycles. The molecule has 0 spiro atoms. The number of benzene rings is 1. The Balaban J connectivity index is 1.87. The second-order valence-corrected chi connectivity index (χ2v) is 4.77. The van der Waals surface area contributed by atoms with Crippen LogP contribution in [0.5, 0.6) is 5.75 Å². The van der Waals surface area contributed by atoms with Crippen LogP contribution in [0.1, 0.15) is 11.1 Å². The zero-order valence-corrected chi connectivity index (χ0v) is 11.0. The van der Waals surface area contributed by atoms with Gasteiger partial charge in [0.2, 0.25) is 0 Å². The van der Waals surface area contributed by atoms with E-state index in [1.54, 1.807) is 12.1 Å². The predicted octanol–water partition coefficient (Wildman–Crippen LogP) is 1.03. The molecule has 1 amide bonds. The van der Waals surface area contributed by atoms with Crippen LogP contribution in [0, 0.1) is 25.8 Å². The van der Waals surface area contributed by atoms with E-state index < -0.39 is 11.9 Å². The van der Waals surface area contributed by atoms with Gasteiger partial charge in [-0.3, -0.25) is 9.59 Å². The van der Waals surface area contributed by atoms with Crippen molar-refractivity contribution < 1.29 is 19.4 Å². The molecule has 19 heavy (non-hydrogen) atoms. The van der Waals surface area contributed by atoms with E-state index >= 15 is 0 Å². The monoisotopic (exact) mass is 262 g/mol. The third-order valence-electron chi connectivity index (χ3n) is 3.24. The van der Waals surface area contributed by atoms with Crippen LogP contribution in [0.2, 0.25) is 0 Å². The molecule has 1 aromatic rings. The van der Waals surface area contributed by atoms with Crippen molar-refractivity contribution in [3.63, 3.8) is 0 Å². The molecule has 1 heterocycles. The van der Waals surface area contributed by atoms with Gasteiger partial charge in [0.25, 0.3) is 5.91 Å². The lowest BCUT2D eigenvalue weighted by atomic mass is 10.0. The van der Waals surface area contributed by atoms with Crippen LogP contribution >= 0.6 is 0 Å². The summed E-state index contributed by atoms with van der Waals surface area (Å²) in [7, 11) is 0. The number of hydrogen-bond donors (Lipinski definition) is 1. The van der Waals surface area contributed by atoms with E-state index in [4.69, 9.17) is 9.84 Å². The van der Waals surface area contributed by atoms with Gasteiger partial charge in [0.05, 0.1) is 5.92 Å². The number of aliphatic carboxylic acids is 1. The van der Waals surface area contributed by atoms with Crippen molar-refractivity contribution in [2.24, 2.45) is 5.92 Å². The van der Waals surface area contributed by atoms with Gasteiger partial charge >= 0.3 is 5.97 Å². The number of carboxylic acid groups (broad SMARTS) is 1. The van der Waals surface area contributed by atoms with Crippen LogP contribution in [0.4, 0.5) is 0 Å². The topological polar surface area (TPSA) is 66.8 Å². The minimum Gasteiger partial charge on any atom is -0.483 e. The highest BCUT2D eigenvalue weighted by Crippen LogP contribution is 2.22. The first-order valence-electron chi connectivity index (χ1n) is 6.09. The van der Waals surface area contributed by atoms with Crippen LogP contribution in [-0.4, -0.2) is 41.6 Å². The number of ether oxygens (including phenoxy) is 1. The van der Waals surface area contributed by atoms with E-state index in [1.165, 1.54) is 4.90 Å². The molecular weight excluding hydrogens is 246 g/mol. The van der Waals surface area contributed by atoms with E-state index in [1.807, 2.05) is 13.8 Å². The third kappa shape index (κ3) is 2.86. The number of amides is 1. The normalized spacial score (nSPS) is 14.9. The summed E-state index contributed by atoms with van der Waals surface area (Å²) in [5.41, 5.74) is 1.86. The minimum absolute atomic E-state index is 0.0575. The average Bonchev–Trinajstić information content (AvgIpc) is 2.25. The average molecular weight is 262 g/mol. The van der Waals surface area contributed by atoms with E-state index in [9.17, 15) is 9.59 Å². The zero-order chi connectivity index (χ0) is 14.0. The lowest BCUT2D eigenvalue weighted by Gasteiger charge is -2.36. The van der Waals surface area contributed by atoms with Crippen molar-refractivity contribution in [1.82, 2.24) is 4.90 Å². The number of rotatable bonds is 4. The van der Waals surface area contributed by atoms with E-state index in [-0.39, 0.29) is 25.6 Å². The van der Waals surface area contributed by atoms with Crippen molar-refractivity contribution in [3.05, 3.63) is 29.3 Å². The Labute approximate surface area is 111 Å². The van der Waals surface area contributed by atoms with E-state index in [2.05, 4.69) is 6.07 Å². The standard InChI is InChI=1S/C14H16NO4/c1-9-4-3-5-10(2)13(9)19-8-12(16)15-6-11(7-15)14(17)18/h4-5,11H,6-8H2,1-2H3,(H,17,18). The maximum Gasteiger partial charge on any atom is 0.310 e. The van der Waals surface area contributed by atoms with Gasteiger partial charge in [-0.15, -0.1) is 0 Å². The summed E-state index contributed by atoms with van der Waals surface area (Å²) in [6.45, 7) is 4.29.